The first-order chi connectivity index (χ1) is 20.3. The third-order valence-electron chi connectivity index (χ3n) is 9.21. The molecule has 8 nitrogen and oxygen atoms in total. The van der Waals surface area contributed by atoms with E-state index in [-0.39, 0.29) is 12.1 Å². The Hall–Kier alpha value is -3.18. The summed E-state index contributed by atoms with van der Waals surface area (Å²) in [5, 5.41) is 14.0. The summed E-state index contributed by atoms with van der Waals surface area (Å²) in [4.78, 5) is 32.7. The number of ether oxygens (including phenoxy) is 2. The molecule has 3 aliphatic rings. The second kappa shape index (κ2) is 12.1. The monoisotopic (exact) mass is 603 g/mol. The zero-order valence-corrected chi connectivity index (χ0v) is 25.0. The van der Waals surface area contributed by atoms with E-state index in [0.29, 0.717) is 31.2 Å². The van der Waals surface area contributed by atoms with Gasteiger partial charge >= 0.3 is 12.1 Å². The molecular formula is C32H40F3N3O5. The Morgan fingerprint density at radius 1 is 1.14 bits per heavy atom. The summed E-state index contributed by atoms with van der Waals surface area (Å²) in [5.41, 5.74) is 0.0267. The number of alkyl halides is 3. The van der Waals surface area contributed by atoms with Gasteiger partial charge in [0.15, 0.2) is 0 Å². The lowest BCUT2D eigenvalue weighted by Gasteiger charge is -2.35. The van der Waals surface area contributed by atoms with Crippen LogP contribution in [-0.4, -0.2) is 58.8 Å². The first-order valence-electron chi connectivity index (χ1n) is 14.9. The second-order valence-corrected chi connectivity index (χ2v) is 12.9. The minimum absolute atomic E-state index is 0.148. The van der Waals surface area contributed by atoms with Crippen LogP contribution in [0.3, 0.4) is 0 Å². The topological polar surface area (TPSA) is 101 Å². The van der Waals surface area contributed by atoms with Gasteiger partial charge in [-0.3, -0.25) is 4.79 Å². The van der Waals surface area contributed by atoms with Crippen LogP contribution in [0, 0.1) is 11.3 Å². The number of carbonyl (C=O) groups excluding carboxylic acids is 1. The van der Waals surface area contributed by atoms with Crippen molar-refractivity contribution in [1.82, 2.24) is 15.2 Å². The summed E-state index contributed by atoms with van der Waals surface area (Å²) in [7, 11) is 1.51. The molecule has 1 aromatic carbocycles. The third kappa shape index (κ3) is 6.11. The molecule has 2 N–H and O–H groups in total. The first-order valence-corrected chi connectivity index (χ1v) is 14.9. The van der Waals surface area contributed by atoms with Crippen LogP contribution in [0.4, 0.5) is 13.2 Å². The van der Waals surface area contributed by atoms with E-state index in [1.807, 2.05) is 26.8 Å². The van der Waals surface area contributed by atoms with Gasteiger partial charge in [-0.25, -0.2) is 9.78 Å². The lowest BCUT2D eigenvalue weighted by molar-refractivity contribution is -0.157. The maximum absolute atomic E-state index is 14.5. The summed E-state index contributed by atoms with van der Waals surface area (Å²) in [5.74, 6) is -1.84. The Labute approximate surface area is 250 Å². The minimum atomic E-state index is -4.72. The number of pyridine rings is 1. The van der Waals surface area contributed by atoms with Crippen LogP contribution in [-0.2, 0) is 27.0 Å². The molecular weight excluding hydrogens is 563 g/mol. The molecule has 0 spiro atoms. The number of nitrogens with one attached hydrogen (secondary N) is 1. The highest BCUT2D eigenvalue weighted by Gasteiger charge is 2.59. The van der Waals surface area contributed by atoms with Crippen LogP contribution in [0.2, 0.25) is 0 Å². The van der Waals surface area contributed by atoms with Gasteiger partial charge in [0.25, 0.3) is 5.91 Å². The number of halogens is 3. The Morgan fingerprint density at radius 3 is 2.42 bits per heavy atom. The molecule has 1 aliphatic carbocycles. The molecule has 2 aromatic rings. The van der Waals surface area contributed by atoms with Crippen LogP contribution < -0.4 is 10.1 Å². The second-order valence-electron chi connectivity index (χ2n) is 12.9. The van der Waals surface area contributed by atoms with Gasteiger partial charge in [0.1, 0.15) is 12.1 Å². The van der Waals surface area contributed by atoms with Crippen LogP contribution >= 0.6 is 0 Å². The molecule has 3 fully saturated rings. The van der Waals surface area contributed by atoms with Crippen molar-refractivity contribution in [3.8, 4) is 5.88 Å². The number of benzene rings is 1. The fourth-order valence-electron chi connectivity index (χ4n) is 7.02. The summed E-state index contributed by atoms with van der Waals surface area (Å²) >= 11 is 0. The molecule has 234 valence electrons. The van der Waals surface area contributed by atoms with Crippen LogP contribution in [0.15, 0.2) is 36.5 Å². The zero-order chi connectivity index (χ0) is 31.1. The lowest BCUT2D eigenvalue weighted by Crippen LogP contribution is -2.50. The average molecular weight is 604 g/mol. The molecule has 5 atom stereocenters. The van der Waals surface area contributed by atoms with Crippen molar-refractivity contribution in [2.75, 3.05) is 13.7 Å². The molecule has 1 saturated carbocycles. The van der Waals surface area contributed by atoms with Crippen molar-refractivity contribution in [3.63, 3.8) is 0 Å². The van der Waals surface area contributed by atoms with E-state index >= 15 is 0 Å². The lowest BCUT2D eigenvalue weighted by atomic mass is 9.72. The van der Waals surface area contributed by atoms with Gasteiger partial charge in [0.05, 0.1) is 18.7 Å². The molecule has 3 heterocycles. The van der Waals surface area contributed by atoms with Crippen molar-refractivity contribution in [2.24, 2.45) is 11.3 Å². The van der Waals surface area contributed by atoms with Gasteiger partial charge in [0.2, 0.25) is 5.88 Å². The highest BCUT2D eigenvalue weighted by molar-refractivity contribution is 5.88. The standard InChI is InChI=1S/C32H40F3N3O5/c1-31(2,3)24-25(36-17-20-15-19(18-9-7-10-18)16-37-28(20)42-4)26(21-11-5-6-12-22(21)32(33,34)35)38(27(24)30(40)41)29(39)23-13-8-14-43-23/h5-6,11-12,15-16,18,23-27,36H,7-10,13-14,17H2,1-4H3,(H,40,41)/t23-,24-,25-,26-,27-/m0/s1. The minimum Gasteiger partial charge on any atom is -0.481 e. The molecule has 43 heavy (non-hydrogen) atoms. The quantitative estimate of drug-likeness (QED) is 0.399. The summed E-state index contributed by atoms with van der Waals surface area (Å²) in [6.07, 6.45) is 0.423. The largest absolute Gasteiger partial charge is 0.481 e. The number of rotatable bonds is 8. The van der Waals surface area contributed by atoms with Crippen LogP contribution in [0.25, 0.3) is 0 Å². The van der Waals surface area contributed by atoms with E-state index in [9.17, 15) is 27.9 Å². The van der Waals surface area contributed by atoms with E-state index in [1.165, 1.54) is 25.3 Å². The Morgan fingerprint density at radius 2 is 1.86 bits per heavy atom. The number of likely N-dealkylation sites (tertiary alicyclic amines) is 1. The number of carbonyl (C=O) groups is 2. The van der Waals surface area contributed by atoms with Crippen LogP contribution in [0.5, 0.6) is 5.88 Å². The van der Waals surface area contributed by atoms with Gasteiger partial charge in [-0.05, 0) is 60.3 Å². The maximum Gasteiger partial charge on any atom is 0.416 e. The Bertz CT molecular complexity index is 1330. The van der Waals surface area contributed by atoms with Crippen molar-refractivity contribution < 1.29 is 37.3 Å². The van der Waals surface area contributed by atoms with Gasteiger partial charge < -0.3 is 24.8 Å². The third-order valence-corrected chi connectivity index (χ3v) is 9.21. The first kappa shape index (κ1) is 31.3. The number of carboxylic acids is 1. The fourth-order valence-corrected chi connectivity index (χ4v) is 7.02. The van der Waals surface area contributed by atoms with Crippen molar-refractivity contribution in [1.29, 1.82) is 0 Å². The smallest absolute Gasteiger partial charge is 0.416 e. The fraction of sp³-hybridized carbons (Fsp3) is 0.594. The van der Waals surface area contributed by atoms with Crippen molar-refractivity contribution in [2.45, 2.75) is 95.7 Å². The number of hydrogen-bond acceptors (Lipinski definition) is 6. The molecule has 5 rings (SSSR count). The predicted octanol–water partition coefficient (Wildman–Crippen LogP) is 5.71. The molecule has 11 heteroatoms. The molecule has 2 aliphatic heterocycles. The Kier molecular flexibility index (Phi) is 8.77. The Balaban J connectivity index is 1.64. The zero-order valence-electron chi connectivity index (χ0n) is 25.0. The highest BCUT2D eigenvalue weighted by Crippen LogP contribution is 2.51. The number of methoxy groups -OCH3 is 1. The van der Waals surface area contributed by atoms with E-state index in [2.05, 4.69) is 10.3 Å². The van der Waals surface area contributed by atoms with Gasteiger partial charge in [0, 0.05) is 36.9 Å². The number of aromatic nitrogens is 1. The number of aliphatic carboxylic acids is 1. The molecule has 1 aromatic heterocycles. The number of hydrogen-bond donors (Lipinski definition) is 2. The molecule has 2 saturated heterocycles. The summed E-state index contributed by atoms with van der Waals surface area (Å²) in [6, 6.07) is 3.66. The van der Waals surface area contributed by atoms with Crippen LogP contribution in [0.1, 0.15) is 87.1 Å². The van der Waals surface area contributed by atoms with E-state index in [1.54, 1.807) is 6.20 Å². The molecule has 1 amide bonds. The SMILES string of the molecule is COc1ncc(C2CCC2)cc1CN[C@H]1[C@H](C(C)(C)C)[C@@H](C(=O)O)N(C(=O)[C@@H]2CCCO2)[C@H]1c1ccccc1C(F)(F)F. The summed E-state index contributed by atoms with van der Waals surface area (Å²) in [6.45, 7) is 6.06. The molecule has 0 radical (unpaired) electrons. The predicted molar refractivity (Wildman–Crippen MR) is 152 cm³/mol. The highest BCUT2D eigenvalue weighted by atomic mass is 19.4. The number of amides is 1. The molecule has 0 bridgehead atoms. The summed E-state index contributed by atoms with van der Waals surface area (Å²) < 4.78 is 54.6. The number of carboxylic acid groups (broad SMARTS) is 1. The normalized spacial score (nSPS) is 26.4. The van der Waals surface area contributed by atoms with E-state index in [0.717, 1.165) is 41.4 Å². The van der Waals surface area contributed by atoms with Gasteiger partial charge in [-0.15, -0.1) is 0 Å². The molecule has 0 unspecified atom stereocenters. The van der Waals surface area contributed by atoms with Crippen molar-refractivity contribution >= 4 is 11.9 Å². The van der Waals surface area contributed by atoms with Crippen molar-refractivity contribution in [3.05, 3.63) is 58.8 Å². The maximum atomic E-state index is 14.5. The average Bonchev–Trinajstić information content (AvgIpc) is 3.57. The van der Waals surface area contributed by atoms with E-state index in [4.69, 9.17) is 9.47 Å². The number of nitrogens with zero attached hydrogens (tertiary/aromatic N) is 2. The van der Waals surface area contributed by atoms with Gasteiger partial charge in [-0.2, -0.15) is 13.2 Å². The van der Waals surface area contributed by atoms with E-state index < -0.39 is 59.2 Å². The van der Waals surface area contributed by atoms with Gasteiger partial charge in [-0.1, -0.05) is 45.4 Å².